The first kappa shape index (κ1) is 32.8. The minimum atomic E-state index is -0.582. The van der Waals surface area contributed by atoms with Gasteiger partial charge in [-0.15, -0.1) is 0 Å². The van der Waals surface area contributed by atoms with Crippen LogP contribution in [0.4, 0.5) is 8.78 Å². The fourth-order valence-corrected chi connectivity index (χ4v) is 6.14. The van der Waals surface area contributed by atoms with Crippen molar-refractivity contribution in [1.29, 1.82) is 0 Å². The van der Waals surface area contributed by atoms with Crippen LogP contribution in [0.25, 0.3) is 11.1 Å². The molecule has 2 heterocycles. The van der Waals surface area contributed by atoms with Gasteiger partial charge >= 0.3 is 0 Å². The molecule has 0 aliphatic carbocycles. The van der Waals surface area contributed by atoms with E-state index in [1.165, 1.54) is 35.4 Å². The molecule has 7 heteroatoms. The van der Waals surface area contributed by atoms with Crippen molar-refractivity contribution in [2.45, 2.75) is 90.3 Å². The van der Waals surface area contributed by atoms with E-state index in [1.54, 1.807) is 23.1 Å². The molecule has 0 spiro atoms. The highest BCUT2D eigenvalue weighted by molar-refractivity contribution is 5.95. The number of piperidine rings is 2. The van der Waals surface area contributed by atoms with Crippen molar-refractivity contribution in [3.63, 3.8) is 0 Å². The van der Waals surface area contributed by atoms with Gasteiger partial charge in [0, 0.05) is 31.7 Å². The zero-order valence-corrected chi connectivity index (χ0v) is 27.5. The summed E-state index contributed by atoms with van der Waals surface area (Å²) in [7, 11) is 0. The molecular formula is C38H46F2N2O3. The number of ether oxygens (including phenoxy) is 1. The third-order valence-electron chi connectivity index (χ3n) is 9.13. The Bertz CT molecular complexity index is 1490. The molecule has 5 rings (SSSR count). The van der Waals surface area contributed by atoms with Gasteiger partial charge in [0.15, 0.2) is 0 Å². The summed E-state index contributed by atoms with van der Waals surface area (Å²) in [5, 5.41) is 0. The summed E-state index contributed by atoms with van der Waals surface area (Å²) in [6.45, 7) is 15.4. The van der Waals surface area contributed by atoms with Gasteiger partial charge in [-0.2, -0.15) is 0 Å². The topological polar surface area (TPSA) is 49.9 Å². The van der Waals surface area contributed by atoms with Gasteiger partial charge in [0.2, 0.25) is 0 Å². The van der Waals surface area contributed by atoms with Crippen LogP contribution in [0.3, 0.4) is 0 Å². The van der Waals surface area contributed by atoms with Crippen molar-refractivity contribution in [3.8, 4) is 11.1 Å². The van der Waals surface area contributed by atoms with E-state index >= 15 is 0 Å². The average Bonchev–Trinajstić information content (AvgIpc) is 3.00. The van der Waals surface area contributed by atoms with Crippen molar-refractivity contribution in [2.75, 3.05) is 26.2 Å². The molecule has 2 saturated heterocycles. The van der Waals surface area contributed by atoms with Gasteiger partial charge < -0.3 is 14.5 Å². The highest BCUT2D eigenvalue weighted by Crippen LogP contribution is 2.32. The van der Waals surface area contributed by atoms with Crippen LogP contribution in [0, 0.1) is 11.6 Å². The molecule has 240 valence electrons. The number of carbonyl (C=O) groups excluding carboxylic acids is 2. The lowest BCUT2D eigenvalue weighted by Gasteiger charge is -2.37. The van der Waals surface area contributed by atoms with Crippen molar-refractivity contribution in [1.82, 2.24) is 9.80 Å². The Morgan fingerprint density at radius 2 is 1.11 bits per heavy atom. The first-order chi connectivity index (χ1) is 21.2. The molecule has 0 saturated carbocycles. The molecule has 5 nitrogen and oxygen atoms in total. The first-order valence-electron chi connectivity index (χ1n) is 16.1. The van der Waals surface area contributed by atoms with Gasteiger partial charge in [-0.3, -0.25) is 9.59 Å². The van der Waals surface area contributed by atoms with E-state index in [4.69, 9.17) is 4.74 Å². The molecule has 0 N–H and O–H groups in total. The molecule has 2 fully saturated rings. The molecule has 0 aromatic heterocycles. The average molecular weight is 617 g/mol. The van der Waals surface area contributed by atoms with Crippen molar-refractivity contribution in [2.24, 2.45) is 0 Å². The fourth-order valence-electron chi connectivity index (χ4n) is 6.14. The summed E-state index contributed by atoms with van der Waals surface area (Å²) in [5.41, 5.74) is 4.31. The van der Waals surface area contributed by atoms with E-state index in [1.807, 2.05) is 4.90 Å². The van der Waals surface area contributed by atoms with E-state index in [2.05, 4.69) is 59.7 Å². The van der Waals surface area contributed by atoms with Gasteiger partial charge in [-0.05, 0) is 95.2 Å². The molecule has 3 aromatic rings. The lowest BCUT2D eigenvalue weighted by atomic mass is 9.79. The third-order valence-corrected chi connectivity index (χ3v) is 9.13. The minimum Gasteiger partial charge on any atom is -0.375 e. The Kier molecular flexibility index (Phi) is 9.50. The molecule has 2 aliphatic rings. The number of benzene rings is 3. The van der Waals surface area contributed by atoms with Crippen LogP contribution in [-0.2, 0) is 15.6 Å². The molecule has 2 aliphatic heterocycles. The van der Waals surface area contributed by atoms with Crippen LogP contribution in [0.5, 0.6) is 0 Å². The molecule has 0 bridgehead atoms. The number of rotatable bonds is 5. The second-order valence-corrected chi connectivity index (χ2v) is 14.6. The van der Waals surface area contributed by atoms with E-state index in [9.17, 15) is 18.4 Å². The smallest absolute Gasteiger partial charge is 0.256 e. The van der Waals surface area contributed by atoms with Crippen molar-refractivity contribution in [3.05, 3.63) is 94.6 Å². The molecule has 45 heavy (non-hydrogen) atoms. The number of hydrogen-bond donors (Lipinski definition) is 0. The van der Waals surface area contributed by atoms with Crippen LogP contribution >= 0.6 is 0 Å². The Labute approximate surface area is 266 Å². The summed E-state index contributed by atoms with van der Waals surface area (Å²) in [6.07, 6.45) is 3.04. The predicted molar refractivity (Wildman–Crippen MR) is 175 cm³/mol. The molecule has 2 amide bonds. The number of likely N-dealkylation sites (tertiary alicyclic amines) is 2. The zero-order chi connectivity index (χ0) is 32.5. The van der Waals surface area contributed by atoms with Gasteiger partial charge in [0.25, 0.3) is 11.8 Å². The maximum Gasteiger partial charge on any atom is 0.256 e. The molecule has 3 aromatic carbocycles. The maximum atomic E-state index is 15.0. The van der Waals surface area contributed by atoms with E-state index < -0.39 is 5.82 Å². The monoisotopic (exact) mass is 616 g/mol. The first-order valence-corrected chi connectivity index (χ1v) is 16.1. The summed E-state index contributed by atoms with van der Waals surface area (Å²) in [4.78, 5) is 30.4. The highest BCUT2D eigenvalue weighted by atomic mass is 19.1. The van der Waals surface area contributed by atoms with Crippen LogP contribution in [0.15, 0.2) is 60.7 Å². The van der Waals surface area contributed by atoms with Gasteiger partial charge in [-0.1, -0.05) is 65.8 Å². The summed E-state index contributed by atoms with van der Waals surface area (Å²) in [6, 6.07) is 16.7. The Morgan fingerprint density at radius 3 is 1.58 bits per heavy atom. The number of carbonyl (C=O) groups is 2. The normalized spacial score (nSPS) is 17.1. The quantitative estimate of drug-likeness (QED) is 0.291. The zero-order valence-electron chi connectivity index (χ0n) is 27.5. The van der Waals surface area contributed by atoms with E-state index in [0.29, 0.717) is 50.1 Å². The van der Waals surface area contributed by atoms with Crippen LogP contribution in [0.2, 0.25) is 0 Å². The summed E-state index contributed by atoms with van der Waals surface area (Å²) in [5.74, 6) is -1.18. The summed E-state index contributed by atoms with van der Waals surface area (Å²) < 4.78 is 34.7. The summed E-state index contributed by atoms with van der Waals surface area (Å²) >= 11 is 0. The SMILES string of the molecule is CC(C)(C)c1cc(C(=O)N2CCC(OC3CCN(C(=O)c4ccc(-c5ccc(F)cc5)cc4F)CC3)CC2)cc(C(C)(C)C)c1. The van der Waals surface area contributed by atoms with E-state index in [-0.39, 0.29) is 46.2 Å². The third kappa shape index (κ3) is 7.81. The highest BCUT2D eigenvalue weighted by Gasteiger charge is 2.31. The molecule has 0 atom stereocenters. The van der Waals surface area contributed by atoms with Crippen LogP contribution < -0.4 is 0 Å². The number of hydrogen-bond acceptors (Lipinski definition) is 3. The second kappa shape index (κ2) is 13.0. The largest absolute Gasteiger partial charge is 0.375 e. The molecule has 0 radical (unpaired) electrons. The van der Waals surface area contributed by atoms with E-state index in [0.717, 1.165) is 18.4 Å². The Hall–Kier alpha value is -3.58. The van der Waals surface area contributed by atoms with Crippen molar-refractivity contribution >= 4 is 11.8 Å². The fraction of sp³-hybridized carbons (Fsp3) is 0.474. The number of amides is 2. The van der Waals surface area contributed by atoms with Gasteiger partial charge in [0.05, 0.1) is 17.8 Å². The maximum absolute atomic E-state index is 15.0. The number of nitrogens with zero attached hydrogens (tertiary/aromatic N) is 2. The van der Waals surface area contributed by atoms with Crippen LogP contribution in [-0.4, -0.2) is 60.0 Å². The molecular weight excluding hydrogens is 570 g/mol. The van der Waals surface area contributed by atoms with Crippen molar-refractivity contribution < 1.29 is 23.1 Å². The second-order valence-electron chi connectivity index (χ2n) is 14.6. The Morgan fingerprint density at radius 1 is 0.644 bits per heavy atom. The lowest BCUT2D eigenvalue weighted by Crippen LogP contribution is -2.45. The lowest BCUT2D eigenvalue weighted by molar-refractivity contribution is -0.0593. The molecule has 0 unspecified atom stereocenters. The van der Waals surface area contributed by atoms with Gasteiger partial charge in [-0.25, -0.2) is 8.78 Å². The van der Waals surface area contributed by atoms with Crippen LogP contribution in [0.1, 0.15) is 99.1 Å². The number of halogens is 2. The minimum absolute atomic E-state index is 0.0322. The Balaban J connectivity index is 1.12. The van der Waals surface area contributed by atoms with Gasteiger partial charge in [0.1, 0.15) is 11.6 Å². The predicted octanol–water partition coefficient (Wildman–Crippen LogP) is 8.15. The standard InChI is InChI=1S/C38H46F2N2O3/c1-37(2,3)28-21-27(22-29(24-28)38(4,5)6)35(43)41-17-13-31(14-18-41)45-32-15-19-42(20-16-32)36(44)33-12-9-26(23-34(33)40)25-7-10-30(39)11-8-25/h7-12,21-24,31-32H,13-20H2,1-6H3.